The van der Waals surface area contributed by atoms with Gasteiger partial charge in [-0.25, -0.2) is 0 Å². The molecule has 0 rings (SSSR count). The number of allylic oxidation sites excluding steroid dienone is 8. The molecule has 0 aliphatic heterocycles. The molecule has 0 aliphatic carbocycles. The highest BCUT2D eigenvalue weighted by atomic mass is 31.2. The van der Waals surface area contributed by atoms with Gasteiger partial charge in [-0.15, -0.1) is 0 Å². The summed E-state index contributed by atoms with van der Waals surface area (Å²) in [5.74, 6) is -0.873. The Balaban J connectivity index is 3.94. The number of hydrogen-bond acceptors (Lipinski definition) is 8. The lowest BCUT2D eigenvalue weighted by Gasteiger charge is -2.28. The molecule has 0 saturated heterocycles. The van der Waals surface area contributed by atoms with E-state index in [4.69, 9.17) is 18.5 Å². The number of ether oxygens (including phenoxy) is 2. The maximum atomic E-state index is 12.7. The molecule has 2 atom stereocenters. The quantitative estimate of drug-likeness (QED) is 0.0195. The van der Waals surface area contributed by atoms with Crippen molar-refractivity contribution in [2.75, 3.05) is 47.5 Å². The first-order valence-corrected chi connectivity index (χ1v) is 32.8. The van der Waals surface area contributed by atoms with Crippen molar-refractivity contribution in [3.05, 3.63) is 48.6 Å². The Hall–Kier alpha value is -2.03. The van der Waals surface area contributed by atoms with E-state index in [2.05, 4.69) is 62.5 Å². The fraction of sp³-hybridized carbons (Fsp3) is 0.844. The van der Waals surface area contributed by atoms with Crippen molar-refractivity contribution in [2.24, 2.45) is 0 Å². The average Bonchev–Trinajstić information content (AvgIpc) is 3.36. The van der Waals surface area contributed by atoms with Gasteiger partial charge in [0.1, 0.15) is 19.8 Å². The van der Waals surface area contributed by atoms with E-state index in [0.717, 1.165) is 57.8 Å². The van der Waals surface area contributed by atoms with E-state index >= 15 is 0 Å². The van der Waals surface area contributed by atoms with Gasteiger partial charge in [0.05, 0.1) is 27.7 Å². The predicted molar refractivity (Wildman–Crippen MR) is 314 cm³/mol. The van der Waals surface area contributed by atoms with E-state index in [9.17, 15) is 19.0 Å². The second-order valence-corrected chi connectivity index (χ2v) is 23.8. The van der Waals surface area contributed by atoms with Crippen molar-refractivity contribution in [1.82, 2.24) is 0 Å². The summed E-state index contributed by atoms with van der Waals surface area (Å²) in [5, 5.41) is 0. The van der Waals surface area contributed by atoms with E-state index in [1.165, 1.54) is 205 Å². The molecule has 0 aromatic carbocycles. The van der Waals surface area contributed by atoms with Crippen LogP contribution in [0.5, 0.6) is 0 Å². The molecule has 0 heterocycles. The van der Waals surface area contributed by atoms with Crippen LogP contribution in [0.3, 0.4) is 0 Å². The molecule has 0 saturated carbocycles. The van der Waals surface area contributed by atoms with Crippen LogP contribution in [0.4, 0.5) is 0 Å². The molecular weight excluding hydrogens is 942 g/mol. The normalized spacial score (nSPS) is 13.5. The molecule has 0 spiro atoms. The molecule has 0 aromatic rings. The predicted octanol–water partition coefficient (Wildman–Crippen LogP) is 19.1. The third-order valence-electron chi connectivity index (χ3n) is 13.9. The molecule has 0 radical (unpaired) electrons. The van der Waals surface area contributed by atoms with Crippen LogP contribution >= 0.6 is 7.82 Å². The van der Waals surface area contributed by atoms with Gasteiger partial charge >= 0.3 is 11.9 Å². The maximum absolute atomic E-state index is 12.7. The number of hydrogen-bond donors (Lipinski definition) is 0. The Morgan fingerprint density at radius 3 is 1.15 bits per heavy atom. The molecule has 0 aromatic heterocycles. The van der Waals surface area contributed by atoms with Gasteiger partial charge in [0.25, 0.3) is 7.82 Å². The highest BCUT2D eigenvalue weighted by molar-refractivity contribution is 7.45. The van der Waals surface area contributed by atoms with Crippen LogP contribution in [-0.4, -0.2) is 70.0 Å². The van der Waals surface area contributed by atoms with Crippen LogP contribution in [0.15, 0.2) is 48.6 Å². The summed E-state index contributed by atoms with van der Waals surface area (Å²) in [4.78, 5) is 37.8. The van der Waals surface area contributed by atoms with Crippen molar-refractivity contribution in [1.29, 1.82) is 0 Å². The first-order chi connectivity index (χ1) is 36.0. The first kappa shape index (κ1) is 72.0. The van der Waals surface area contributed by atoms with Gasteiger partial charge in [0.15, 0.2) is 6.10 Å². The Labute approximate surface area is 458 Å². The zero-order valence-electron chi connectivity index (χ0n) is 49.3. The van der Waals surface area contributed by atoms with Crippen molar-refractivity contribution < 1.29 is 42.1 Å². The minimum Gasteiger partial charge on any atom is -0.756 e. The lowest BCUT2D eigenvalue weighted by molar-refractivity contribution is -0.870. The van der Waals surface area contributed by atoms with E-state index in [-0.39, 0.29) is 32.0 Å². The fourth-order valence-electron chi connectivity index (χ4n) is 9.06. The number of carbonyl (C=O) groups excluding carboxylic acids is 2. The number of rotatable bonds is 58. The largest absolute Gasteiger partial charge is 0.756 e. The molecule has 74 heavy (non-hydrogen) atoms. The summed E-state index contributed by atoms with van der Waals surface area (Å²) in [6, 6.07) is 0. The van der Waals surface area contributed by atoms with Crippen LogP contribution in [-0.2, 0) is 32.7 Å². The van der Waals surface area contributed by atoms with Gasteiger partial charge in [0, 0.05) is 12.8 Å². The molecule has 0 amide bonds. The second-order valence-electron chi connectivity index (χ2n) is 22.4. The lowest BCUT2D eigenvalue weighted by Crippen LogP contribution is -2.37. The van der Waals surface area contributed by atoms with Crippen LogP contribution < -0.4 is 4.89 Å². The monoisotopic (exact) mass is 1060 g/mol. The minimum atomic E-state index is -4.65. The third-order valence-corrected chi connectivity index (χ3v) is 14.8. The molecule has 9 nitrogen and oxygen atoms in total. The summed E-state index contributed by atoms with van der Waals surface area (Å²) >= 11 is 0. The van der Waals surface area contributed by atoms with Crippen LogP contribution in [0, 0.1) is 0 Å². The van der Waals surface area contributed by atoms with E-state index < -0.39 is 26.5 Å². The number of phosphoric ester groups is 1. The molecule has 0 bridgehead atoms. The zero-order valence-corrected chi connectivity index (χ0v) is 50.2. The summed E-state index contributed by atoms with van der Waals surface area (Å²) in [5.41, 5.74) is 0. The Morgan fingerprint density at radius 2 is 0.770 bits per heavy atom. The molecule has 0 fully saturated rings. The van der Waals surface area contributed by atoms with Gasteiger partial charge < -0.3 is 27.9 Å². The Morgan fingerprint density at radius 1 is 0.432 bits per heavy atom. The highest BCUT2D eigenvalue weighted by Crippen LogP contribution is 2.38. The number of unbranched alkanes of at least 4 members (excludes halogenated alkanes) is 36. The summed E-state index contributed by atoms with van der Waals surface area (Å²) in [6.07, 6.45) is 70.7. The maximum Gasteiger partial charge on any atom is 0.306 e. The van der Waals surface area contributed by atoms with Crippen LogP contribution in [0.1, 0.15) is 296 Å². The summed E-state index contributed by atoms with van der Waals surface area (Å²) in [7, 11) is 1.14. The summed E-state index contributed by atoms with van der Waals surface area (Å²) < 4.78 is 34.1. The van der Waals surface area contributed by atoms with Crippen molar-refractivity contribution >= 4 is 19.8 Å². The third kappa shape index (κ3) is 59.2. The van der Waals surface area contributed by atoms with Gasteiger partial charge in [-0.05, 0) is 51.4 Å². The van der Waals surface area contributed by atoms with E-state index in [1.54, 1.807) is 0 Å². The van der Waals surface area contributed by atoms with Crippen LogP contribution in [0.25, 0.3) is 0 Å². The number of nitrogens with zero attached hydrogens (tertiary/aromatic N) is 1. The lowest BCUT2D eigenvalue weighted by atomic mass is 10.0. The summed E-state index contributed by atoms with van der Waals surface area (Å²) in [6.45, 7) is 4.11. The van der Waals surface area contributed by atoms with Gasteiger partial charge in [-0.3, -0.25) is 14.2 Å². The number of quaternary nitrogens is 1. The van der Waals surface area contributed by atoms with Crippen molar-refractivity contribution in [3.8, 4) is 0 Å². The molecular formula is C64H120NO8P. The number of esters is 2. The smallest absolute Gasteiger partial charge is 0.306 e. The molecule has 10 heteroatoms. The molecule has 0 aliphatic rings. The SMILES string of the molecule is CC/C=C\C/C=C\C/C=C\C/C=C\CCCCC(=O)OC(COC(=O)CCCCCCCCCCCCCCCCCCCCCCCCCCCCCCCCCCCCC)COP(=O)([O-])OCC[N+](C)(C)C. The average molecular weight is 1060 g/mol. The molecule has 434 valence electrons. The van der Waals surface area contributed by atoms with Gasteiger partial charge in [0.2, 0.25) is 0 Å². The molecule has 2 unspecified atom stereocenters. The number of likely N-dealkylation sites (N-methyl/N-ethyl adjacent to an activating group) is 1. The Bertz CT molecular complexity index is 1390. The first-order valence-electron chi connectivity index (χ1n) is 31.3. The second kappa shape index (κ2) is 55.7. The topological polar surface area (TPSA) is 111 Å². The van der Waals surface area contributed by atoms with E-state index in [1.807, 2.05) is 21.1 Å². The molecule has 0 N–H and O–H groups in total. The van der Waals surface area contributed by atoms with Crippen LogP contribution in [0.2, 0.25) is 0 Å². The van der Waals surface area contributed by atoms with Crippen molar-refractivity contribution in [3.63, 3.8) is 0 Å². The Kier molecular flexibility index (Phi) is 54.2. The van der Waals surface area contributed by atoms with Gasteiger partial charge in [-0.2, -0.15) is 0 Å². The van der Waals surface area contributed by atoms with Crippen molar-refractivity contribution in [2.45, 2.75) is 302 Å². The standard InChI is InChI=1S/C64H120NO8P/c1-6-8-10-12-14-16-18-20-22-23-24-25-26-27-28-29-30-31-32-33-34-35-36-37-38-39-40-41-43-44-46-48-50-52-54-56-63(66)70-60-62(61-72-74(68,69)71-59-58-65(3,4)5)73-64(67)57-55-53-51-49-47-45-42-21-19-17-15-13-11-9-7-2/h9,11,15,17,21,42,47,49,62H,6-8,10,12-14,16,18-20,22-41,43-46,48,50-61H2,1-5H3/b11-9-,17-15-,42-21-,49-47-. The number of carbonyl (C=O) groups is 2. The zero-order chi connectivity index (χ0) is 54.2. The number of phosphoric acid groups is 1. The minimum absolute atomic E-state index is 0.0389. The fourth-order valence-corrected chi connectivity index (χ4v) is 9.79. The highest BCUT2D eigenvalue weighted by Gasteiger charge is 2.22. The van der Waals surface area contributed by atoms with Gasteiger partial charge in [-0.1, -0.05) is 281 Å². The van der Waals surface area contributed by atoms with E-state index in [0.29, 0.717) is 17.4 Å².